The van der Waals surface area contributed by atoms with Crippen LogP contribution in [-0.2, 0) is 5.41 Å². The molecule has 2 heteroatoms. The third-order valence-electron chi connectivity index (χ3n) is 2.41. The first kappa shape index (κ1) is 11.9. The van der Waals surface area contributed by atoms with Gasteiger partial charge in [-0.1, -0.05) is 45.0 Å². The van der Waals surface area contributed by atoms with Crippen LogP contribution in [0.1, 0.15) is 43.1 Å². The molecule has 0 saturated carbocycles. The van der Waals surface area contributed by atoms with Crippen LogP contribution in [0.5, 0.6) is 0 Å². The number of hydrogen-bond donors (Lipinski definition) is 1. The second-order valence-electron chi connectivity index (χ2n) is 4.72. The number of Topliss-reactive ketones (excluding diaryl/α,β-unsaturated/α-hetero) is 1. The standard InChI is InChI=1S/C13H18O2/c1-13(2,3)11-6-4-10(5-7-11)12(15)8-9-14/h4-7,14H,8-9H2,1-3H3. The Morgan fingerprint density at radius 3 is 2.13 bits per heavy atom. The smallest absolute Gasteiger partial charge is 0.165 e. The molecule has 0 aliphatic heterocycles. The van der Waals surface area contributed by atoms with Crippen molar-refractivity contribution >= 4 is 5.78 Å². The zero-order valence-corrected chi connectivity index (χ0v) is 9.58. The quantitative estimate of drug-likeness (QED) is 0.772. The lowest BCUT2D eigenvalue weighted by Gasteiger charge is -2.18. The fourth-order valence-corrected chi connectivity index (χ4v) is 1.40. The molecule has 0 atom stereocenters. The van der Waals surface area contributed by atoms with Crippen molar-refractivity contribution in [3.63, 3.8) is 0 Å². The van der Waals surface area contributed by atoms with E-state index in [9.17, 15) is 4.79 Å². The van der Waals surface area contributed by atoms with Gasteiger partial charge in [0.2, 0.25) is 0 Å². The van der Waals surface area contributed by atoms with E-state index in [1.807, 2.05) is 24.3 Å². The van der Waals surface area contributed by atoms with Crippen molar-refractivity contribution in [3.8, 4) is 0 Å². The van der Waals surface area contributed by atoms with Crippen molar-refractivity contribution in [1.29, 1.82) is 0 Å². The molecular formula is C13H18O2. The van der Waals surface area contributed by atoms with Gasteiger partial charge < -0.3 is 5.11 Å². The van der Waals surface area contributed by atoms with E-state index in [1.165, 1.54) is 5.56 Å². The maximum absolute atomic E-state index is 11.4. The van der Waals surface area contributed by atoms with Crippen molar-refractivity contribution in [2.45, 2.75) is 32.6 Å². The van der Waals surface area contributed by atoms with Crippen molar-refractivity contribution in [3.05, 3.63) is 35.4 Å². The van der Waals surface area contributed by atoms with Crippen LogP contribution in [0.25, 0.3) is 0 Å². The molecule has 1 aromatic rings. The molecule has 1 N–H and O–H groups in total. The van der Waals surface area contributed by atoms with E-state index in [2.05, 4.69) is 20.8 Å². The SMILES string of the molecule is CC(C)(C)c1ccc(C(=O)CCO)cc1. The minimum absolute atomic E-state index is 0.00189. The summed E-state index contributed by atoms with van der Waals surface area (Å²) in [6.07, 6.45) is 0.203. The summed E-state index contributed by atoms with van der Waals surface area (Å²) in [7, 11) is 0. The summed E-state index contributed by atoms with van der Waals surface area (Å²) >= 11 is 0. The van der Waals surface area contributed by atoms with Gasteiger partial charge in [-0.15, -0.1) is 0 Å². The Bertz CT molecular complexity index is 331. The summed E-state index contributed by atoms with van der Waals surface area (Å²) in [5, 5.41) is 8.66. The molecule has 0 amide bonds. The van der Waals surface area contributed by atoms with E-state index < -0.39 is 0 Å². The van der Waals surface area contributed by atoms with Crippen molar-refractivity contribution in [2.75, 3.05) is 6.61 Å². The first-order valence-corrected chi connectivity index (χ1v) is 5.20. The number of carbonyl (C=O) groups excluding carboxylic acids is 1. The van der Waals surface area contributed by atoms with Gasteiger partial charge in [0.1, 0.15) is 0 Å². The second kappa shape index (κ2) is 4.58. The number of ketones is 1. The van der Waals surface area contributed by atoms with Gasteiger partial charge in [-0.25, -0.2) is 0 Å². The lowest BCUT2D eigenvalue weighted by Crippen LogP contribution is -2.11. The molecule has 0 bridgehead atoms. The minimum atomic E-state index is -0.0835. The topological polar surface area (TPSA) is 37.3 Å². The molecule has 1 rings (SSSR count). The molecule has 2 nitrogen and oxygen atoms in total. The summed E-state index contributed by atoms with van der Waals surface area (Å²) in [6.45, 7) is 6.33. The highest BCUT2D eigenvalue weighted by atomic mass is 16.3. The fraction of sp³-hybridized carbons (Fsp3) is 0.462. The summed E-state index contributed by atoms with van der Waals surface area (Å²) in [5.41, 5.74) is 2.00. The molecule has 0 fully saturated rings. The summed E-state index contributed by atoms with van der Waals surface area (Å²) in [4.78, 5) is 11.4. The number of rotatable bonds is 3. The van der Waals surface area contributed by atoms with Crippen molar-refractivity contribution < 1.29 is 9.90 Å². The highest BCUT2D eigenvalue weighted by molar-refractivity contribution is 5.96. The van der Waals surface area contributed by atoms with E-state index in [0.29, 0.717) is 5.56 Å². The lowest BCUT2D eigenvalue weighted by molar-refractivity contribution is 0.0956. The average Bonchev–Trinajstić information content (AvgIpc) is 2.17. The van der Waals surface area contributed by atoms with Gasteiger partial charge in [0.25, 0.3) is 0 Å². The van der Waals surface area contributed by atoms with E-state index in [0.717, 1.165) is 0 Å². The highest BCUT2D eigenvalue weighted by Crippen LogP contribution is 2.22. The van der Waals surface area contributed by atoms with E-state index in [4.69, 9.17) is 5.11 Å². The molecule has 15 heavy (non-hydrogen) atoms. The van der Waals surface area contributed by atoms with Crippen molar-refractivity contribution in [2.24, 2.45) is 0 Å². The van der Waals surface area contributed by atoms with Crippen LogP contribution in [0.3, 0.4) is 0 Å². The molecule has 0 aliphatic carbocycles. The fourth-order valence-electron chi connectivity index (χ4n) is 1.40. The van der Waals surface area contributed by atoms with Crippen molar-refractivity contribution in [1.82, 2.24) is 0 Å². The molecule has 0 spiro atoms. The first-order chi connectivity index (χ1) is 6.95. The monoisotopic (exact) mass is 206 g/mol. The maximum atomic E-state index is 11.4. The Kier molecular flexibility index (Phi) is 3.64. The third-order valence-corrected chi connectivity index (χ3v) is 2.41. The molecule has 0 aliphatic rings. The summed E-state index contributed by atoms with van der Waals surface area (Å²) < 4.78 is 0. The molecule has 0 heterocycles. The van der Waals surface area contributed by atoms with E-state index in [-0.39, 0.29) is 24.2 Å². The number of hydrogen-bond acceptors (Lipinski definition) is 2. The largest absolute Gasteiger partial charge is 0.396 e. The first-order valence-electron chi connectivity index (χ1n) is 5.20. The highest BCUT2D eigenvalue weighted by Gasteiger charge is 2.13. The van der Waals surface area contributed by atoms with Gasteiger partial charge in [0, 0.05) is 12.0 Å². The number of carbonyl (C=O) groups is 1. The molecule has 0 aromatic heterocycles. The predicted molar refractivity (Wildman–Crippen MR) is 61.2 cm³/mol. The Labute approximate surface area is 90.9 Å². The van der Waals surface area contributed by atoms with E-state index >= 15 is 0 Å². The third kappa shape index (κ3) is 3.17. The molecular weight excluding hydrogens is 188 g/mol. The van der Waals surface area contributed by atoms with Crippen LogP contribution >= 0.6 is 0 Å². The normalized spacial score (nSPS) is 11.5. The number of benzene rings is 1. The summed E-state index contributed by atoms with van der Waals surface area (Å²) in [6, 6.07) is 7.62. The van der Waals surface area contributed by atoms with E-state index in [1.54, 1.807) is 0 Å². The number of aliphatic hydroxyl groups is 1. The average molecular weight is 206 g/mol. The Balaban J connectivity index is 2.86. The zero-order valence-electron chi connectivity index (χ0n) is 9.58. The van der Waals surface area contributed by atoms with Crippen LogP contribution < -0.4 is 0 Å². The Morgan fingerprint density at radius 1 is 1.20 bits per heavy atom. The predicted octanol–water partition coefficient (Wildman–Crippen LogP) is 2.55. The molecule has 82 valence electrons. The van der Waals surface area contributed by atoms with Gasteiger partial charge in [-0.2, -0.15) is 0 Å². The van der Waals surface area contributed by atoms with Crippen LogP contribution in [0.4, 0.5) is 0 Å². The lowest BCUT2D eigenvalue weighted by atomic mass is 9.86. The van der Waals surface area contributed by atoms with Crippen LogP contribution in [0.2, 0.25) is 0 Å². The molecule has 0 unspecified atom stereocenters. The second-order valence-corrected chi connectivity index (χ2v) is 4.72. The Hall–Kier alpha value is -1.15. The summed E-state index contributed by atoms with van der Waals surface area (Å²) in [5.74, 6) is -0.00189. The zero-order chi connectivity index (χ0) is 11.5. The van der Waals surface area contributed by atoms with Crippen LogP contribution in [0, 0.1) is 0 Å². The minimum Gasteiger partial charge on any atom is -0.396 e. The van der Waals surface area contributed by atoms with Crippen LogP contribution in [-0.4, -0.2) is 17.5 Å². The molecule has 0 radical (unpaired) electrons. The van der Waals surface area contributed by atoms with Gasteiger partial charge >= 0.3 is 0 Å². The van der Waals surface area contributed by atoms with Crippen LogP contribution in [0.15, 0.2) is 24.3 Å². The van der Waals surface area contributed by atoms with Gasteiger partial charge in [0.05, 0.1) is 6.61 Å². The maximum Gasteiger partial charge on any atom is 0.165 e. The molecule has 1 aromatic carbocycles. The van der Waals surface area contributed by atoms with Gasteiger partial charge in [-0.3, -0.25) is 4.79 Å². The van der Waals surface area contributed by atoms with Gasteiger partial charge in [-0.05, 0) is 11.0 Å². The Morgan fingerprint density at radius 2 is 1.73 bits per heavy atom. The molecule has 0 saturated heterocycles. The van der Waals surface area contributed by atoms with Gasteiger partial charge in [0.15, 0.2) is 5.78 Å². The number of aliphatic hydroxyl groups excluding tert-OH is 1.